The van der Waals surface area contributed by atoms with Crippen molar-refractivity contribution in [2.75, 3.05) is 0 Å². The van der Waals surface area contributed by atoms with Crippen LogP contribution < -0.4 is 5.73 Å². The number of carbonyl (C=O) groups is 1. The molecule has 0 spiro atoms. The Balaban J connectivity index is 2.62. The monoisotopic (exact) mass is 199 g/mol. The number of nitrogens with zero attached hydrogens (tertiary/aromatic N) is 1. The first-order valence-corrected chi connectivity index (χ1v) is 4.49. The largest absolute Gasteiger partial charge is 0.368 e. The quantitative estimate of drug-likeness (QED) is 0.763. The predicted molar refractivity (Wildman–Crippen MR) is 55.8 cm³/mol. The van der Waals surface area contributed by atoms with Gasteiger partial charge < -0.3 is 10.7 Å². The minimum absolute atomic E-state index is 0.623. The second-order valence-electron chi connectivity index (χ2n) is 3.25. The molecule has 1 amide bonds. The van der Waals surface area contributed by atoms with Gasteiger partial charge in [0.25, 0.3) is 0 Å². The smallest absolute Gasteiger partial charge is 0.239 e. The molecule has 0 aliphatic carbocycles. The maximum absolute atomic E-state index is 11.1. The normalized spacial score (nSPS) is 12.2. The van der Waals surface area contributed by atoms with Crippen molar-refractivity contribution in [1.29, 1.82) is 5.26 Å². The molecule has 2 rings (SSSR count). The van der Waals surface area contributed by atoms with E-state index < -0.39 is 11.8 Å². The third kappa shape index (κ3) is 1.44. The molecule has 1 heterocycles. The second kappa shape index (κ2) is 3.46. The van der Waals surface area contributed by atoms with Crippen LogP contribution in [0.4, 0.5) is 0 Å². The van der Waals surface area contributed by atoms with E-state index in [9.17, 15) is 4.79 Å². The number of carbonyl (C=O) groups excluding carboxylic acids is 1. The van der Waals surface area contributed by atoms with E-state index in [1.54, 1.807) is 6.20 Å². The summed E-state index contributed by atoms with van der Waals surface area (Å²) in [5, 5.41) is 9.73. The van der Waals surface area contributed by atoms with Crippen LogP contribution in [0, 0.1) is 11.3 Å². The van der Waals surface area contributed by atoms with Crippen molar-refractivity contribution in [3.63, 3.8) is 0 Å². The van der Waals surface area contributed by atoms with Gasteiger partial charge in [0.1, 0.15) is 0 Å². The lowest BCUT2D eigenvalue weighted by Gasteiger charge is -2.01. The van der Waals surface area contributed by atoms with Gasteiger partial charge in [0.05, 0.1) is 6.07 Å². The maximum atomic E-state index is 11.1. The lowest BCUT2D eigenvalue weighted by molar-refractivity contribution is -0.118. The number of nitrogens with two attached hydrogens (primary N) is 1. The molecule has 0 aliphatic heterocycles. The zero-order valence-corrected chi connectivity index (χ0v) is 7.90. The zero-order chi connectivity index (χ0) is 10.8. The Morgan fingerprint density at radius 3 is 2.87 bits per heavy atom. The van der Waals surface area contributed by atoms with Crippen molar-refractivity contribution in [2.24, 2.45) is 5.73 Å². The first kappa shape index (κ1) is 9.28. The fraction of sp³-hybridized carbons (Fsp3) is 0.0909. The van der Waals surface area contributed by atoms with Gasteiger partial charge in [0.15, 0.2) is 5.92 Å². The highest BCUT2D eigenvalue weighted by molar-refractivity contribution is 5.93. The number of aromatic amines is 1. The Labute approximate surface area is 86.3 Å². The molecule has 0 bridgehead atoms. The summed E-state index contributed by atoms with van der Waals surface area (Å²) in [4.78, 5) is 14.1. The Morgan fingerprint density at radius 1 is 1.47 bits per heavy atom. The summed E-state index contributed by atoms with van der Waals surface area (Å²) in [6, 6.07) is 9.38. The highest BCUT2D eigenvalue weighted by Crippen LogP contribution is 2.24. The number of para-hydroxylation sites is 1. The number of rotatable bonds is 2. The van der Waals surface area contributed by atoms with Crippen LogP contribution in [0.5, 0.6) is 0 Å². The zero-order valence-electron chi connectivity index (χ0n) is 7.90. The van der Waals surface area contributed by atoms with Crippen molar-refractivity contribution < 1.29 is 4.79 Å². The number of hydrogen-bond donors (Lipinski definition) is 2. The molecule has 1 aromatic heterocycles. The van der Waals surface area contributed by atoms with Crippen molar-refractivity contribution in [3.8, 4) is 6.07 Å². The van der Waals surface area contributed by atoms with Crippen molar-refractivity contribution in [2.45, 2.75) is 5.92 Å². The van der Waals surface area contributed by atoms with Crippen LogP contribution in [0.1, 0.15) is 11.5 Å². The molecule has 0 radical (unpaired) electrons. The maximum Gasteiger partial charge on any atom is 0.239 e. The van der Waals surface area contributed by atoms with E-state index in [4.69, 9.17) is 11.0 Å². The van der Waals surface area contributed by atoms with Crippen LogP contribution in [0.3, 0.4) is 0 Å². The molecule has 2 aromatic rings. The number of benzene rings is 1. The second-order valence-corrected chi connectivity index (χ2v) is 3.25. The first-order valence-electron chi connectivity index (χ1n) is 4.49. The van der Waals surface area contributed by atoms with E-state index in [0.717, 1.165) is 10.9 Å². The molecule has 15 heavy (non-hydrogen) atoms. The van der Waals surface area contributed by atoms with E-state index in [1.165, 1.54) is 0 Å². The van der Waals surface area contributed by atoms with Gasteiger partial charge in [-0.15, -0.1) is 0 Å². The summed E-state index contributed by atoms with van der Waals surface area (Å²) < 4.78 is 0. The number of fused-ring (bicyclic) bond motifs is 1. The Morgan fingerprint density at radius 2 is 2.20 bits per heavy atom. The molecule has 0 saturated heterocycles. The lowest BCUT2D eigenvalue weighted by atomic mass is 10.00. The average Bonchev–Trinajstić information content (AvgIpc) is 2.63. The highest BCUT2D eigenvalue weighted by atomic mass is 16.1. The summed E-state index contributed by atoms with van der Waals surface area (Å²) >= 11 is 0. The summed E-state index contributed by atoms with van der Waals surface area (Å²) in [6.45, 7) is 0. The van der Waals surface area contributed by atoms with Gasteiger partial charge in [0.2, 0.25) is 5.91 Å². The van der Waals surface area contributed by atoms with Gasteiger partial charge in [-0.25, -0.2) is 0 Å². The number of aromatic nitrogens is 1. The van der Waals surface area contributed by atoms with E-state index in [-0.39, 0.29) is 0 Å². The average molecular weight is 199 g/mol. The molecular weight excluding hydrogens is 190 g/mol. The number of nitrogens with one attached hydrogen (secondary N) is 1. The fourth-order valence-electron chi connectivity index (χ4n) is 1.62. The minimum Gasteiger partial charge on any atom is -0.368 e. The summed E-state index contributed by atoms with van der Waals surface area (Å²) in [6.07, 6.45) is 1.66. The molecule has 1 atom stereocenters. The summed E-state index contributed by atoms with van der Waals surface area (Å²) in [5.74, 6) is -1.51. The SMILES string of the molecule is N#CC(C(N)=O)c1c[nH]c2ccccc12. The van der Waals surface area contributed by atoms with Crippen molar-refractivity contribution in [3.05, 3.63) is 36.0 Å². The molecular formula is C11H9N3O. The Hall–Kier alpha value is -2.28. The number of H-pyrrole nitrogens is 1. The highest BCUT2D eigenvalue weighted by Gasteiger charge is 2.20. The minimum atomic E-state index is -0.888. The van der Waals surface area contributed by atoms with Crippen LogP contribution in [-0.2, 0) is 4.79 Å². The standard InChI is InChI=1S/C11H9N3O/c12-5-8(11(13)15)9-6-14-10-4-2-1-3-7(9)10/h1-4,6,8,14H,(H2,13,15). The van der Waals surface area contributed by atoms with Crippen LogP contribution in [0.15, 0.2) is 30.5 Å². The topological polar surface area (TPSA) is 82.7 Å². The molecule has 74 valence electrons. The molecule has 1 aromatic carbocycles. The van der Waals surface area contributed by atoms with E-state index in [2.05, 4.69) is 4.98 Å². The molecule has 0 saturated carbocycles. The molecule has 1 unspecified atom stereocenters. The third-order valence-electron chi connectivity index (χ3n) is 2.35. The van der Waals surface area contributed by atoms with Crippen molar-refractivity contribution in [1.82, 2.24) is 4.98 Å². The number of hydrogen-bond acceptors (Lipinski definition) is 2. The molecule has 3 N–H and O–H groups in total. The van der Waals surface area contributed by atoms with Gasteiger partial charge in [0, 0.05) is 22.7 Å². The van der Waals surface area contributed by atoms with E-state index >= 15 is 0 Å². The lowest BCUT2D eigenvalue weighted by Crippen LogP contribution is -2.19. The number of amides is 1. The Kier molecular flexibility index (Phi) is 2.14. The predicted octanol–water partition coefficient (Wildman–Crippen LogP) is 1.26. The van der Waals surface area contributed by atoms with E-state index in [1.807, 2.05) is 30.3 Å². The van der Waals surface area contributed by atoms with Crippen LogP contribution in [-0.4, -0.2) is 10.9 Å². The molecule has 0 fully saturated rings. The van der Waals surface area contributed by atoms with Crippen molar-refractivity contribution >= 4 is 16.8 Å². The van der Waals surface area contributed by atoms with Crippen LogP contribution >= 0.6 is 0 Å². The van der Waals surface area contributed by atoms with Gasteiger partial charge in [-0.2, -0.15) is 5.26 Å². The fourth-order valence-corrected chi connectivity index (χ4v) is 1.62. The molecule has 4 heteroatoms. The van der Waals surface area contributed by atoms with Gasteiger partial charge in [-0.3, -0.25) is 4.79 Å². The van der Waals surface area contributed by atoms with Crippen LogP contribution in [0.2, 0.25) is 0 Å². The third-order valence-corrected chi connectivity index (χ3v) is 2.35. The summed E-state index contributed by atoms with van der Waals surface area (Å²) in [7, 11) is 0. The van der Waals surface area contributed by atoms with Crippen LogP contribution in [0.25, 0.3) is 10.9 Å². The van der Waals surface area contributed by atoms with Gasteiger partial charge >= 0.3 is 0 Å². The summed E-state index contributed by atoms with van der Waals surface area (Å²) in [5.41, 5.74) is 6.69. The van der Waals surface area contributed by atoms with Gasteiger partial charge in [-0.05, 0) is 6.07 Å². The van der Waals surface area contributed by atoms with E-state index in [0.29, 0.717) is 5.56 Å². The number of nitriles is 1. The van der Waals surface area contributed by atoms with Gasteiger partial charge in [-0.1, -0.05) is 18.2 Å². The number of primary amides is 1. The molecule has 4 nitrogen and oxygen atoms in total. The first-order chi connectivity index (χ1) is 7.24. The Bertz CT molecular complexity index is 550. The molecule has 0 aliphatic rings.